The second-order valence-electron chi connectivity index (χ2n) is 8.21. The van der Waals surface area contributed by atoms with Crippen molar-refractivity contribution in [3.63, 3.8) is 0 Å². The van der Waals surface area contributed by atoms with E-state index in [1.165, 1.54) is 42.1 Å². The third-order valence-corrected chi connectivity index (χ3v) is 8.61. The number of benzene rings is 3. The number of amides is 1. The molecule has 0 spiro atoms. The zero-order valence-corrected chi connectivity index (χ0v) is 21.8. The van der Waals surface area contributed by atoms with Crippen molar-refractivity contribution in [2.45, 2.75) is 9.79 Å². The number of methoxy groups -OCH3 is 1. The van der Waals surface area contributed by atoms with E-state index in [-0.39, 0.29) is 16.5 Å². The Kier molecular flexibility index (Phi) is 8.05. The monoisotopic (exact) mass is 529 g/mol. The largest absolute Gasteiger partial charge is 0.495 e. The average Bonchev–Trinajstić information content (AvgIpc) is 2.91. The van der Waals surface area contributed by atoms with Gasteiger partial charge in [-0.15, -0.1) is 11.8 Å². The fourth-order valence-electron chi connectivity index (χ4n) is 4.13. The molecule has 0 unspecified atom stereocenters. The summed E-state index contributed by atoms with van der Waals surface area (Å²) < 4.78 is 47.6. The van der Waals surface area contributed by atoms with Crippen LogP contribution in [0.4, 0.5) is 15.8 Å². The molecule has 190 valence electrons. The number of piperazine rings is 1. The number of carbonyl (C=O) groups is 1. The van der Waals surface area contributed by atoms with Crippen LogP contribution < -0.4 is 13.9 Å². The van der Waals surface area contributed by atoms with Crippen LogP contribution in [0.3, 0.4) is 0 Å². The molecule has 7 nitrogen and oxygen atoms in total. The molecule has 10 heteroatoms. The average molecular weight is 530 g/mol. The van der Waals surface area contributed by atoms with Crippen LogP contribution in [-0.4, -0.2) is 65.3 Å². The number of rotatable bonds is 8. The number of hydrogen-bond acceptors (Lipinski definition) is 6. The molecule has 1 saturated heterocycles. The van der Waals surface area contributed by atoms with Gasteiger partial charge in [0.25, 0.3) is 10.0 Å². The van der Waals surface area contributed by atoms with Crippen LogP contribution in [-0.2, 0) is 14.8 Å². The molecule has 1 aliphatic rings. The van der Waals surface area contributed by atoms with Gasteiger partial charge >= 0.3 is 0 Å². The molecule has 1 amide bonds. The highest BCUT2D eigenvalue weighted by atomic mass is 32.2. The maximum Gasteiger partial charge on any atom is 0.264 e. The van der Waals surface area contributed by atoms with Gasteiger partial charge in [-0.2, -0.15) is 0 Å². The number of hydrogen-bond donors (Lipinski definition) is 0. The van der Waals surface area contributed by atoms with E-state index < -0.39 is 22.4 Å². The van der Waals surface area contributed by atoms with E-state index in [4.69, 9.17) is 4.74 Å². The van der Waals surface area contributed by atoms with Crippen LogP contribution in [0, 0.1) is 5.82 Å². The van der Waals surface area contributed by atoms with Gasteiger partial charge in [0.15, 0.2) is 0 Å². The number of ether oxygens (including phenoxy) is 1. The highest BCUT2D eigenvalue weighted by Gasteiger charge is 2.31. The fourth-order valence-corrected chi connectivity index (χ4v) is 5.95. The Balaban J connectivity index is 1.54. The summed E-state index contributed by atoms with van der Waals surface area (Å²) in [5, 5.41) is 0. The van der Waals surface area contributed by atoms with Crippen molar-refractivity contribution in [1.82, 2.24) is 4.90 Å². The molecule has 1 heterocycles. The second-order valence-corrected chi connectivity index (χ2v) is 10.9. The summed E-state index contributed by atoms with van der Waals surface area (Å²) in [6.45, 7) is 1.58. The lowest BCUT2D eigenvalue weighted by Crippen LogP contribution is -2.52. The SMILES string of the molecule is COc1ccccc1N1CCN(C(=O)CN(c2cccc(F)c2)S(=O)(=O)c2ccc(SC)cc2)CC1. The first-order chi connectivity index (χ1) is 17.3. The number of sulfonamides is 1. The molecule has 0 N–H and O–H groups in total. The second kappa shape index (κ2) is 11.2. The van der Waals surface area contributed by atoms with E-state index in [0.717, 1.165) is 26.7 Å². The number of thioether (sulfide) groups is 1. The van der Waals surface area contributed by atoms with Crippen LogP contribution in [0.25, 0.3) is 0 Å². The van der Waals surface area contributed by atoms with Crippen molar-refractivity contribution in [2.24, 2.45) is 0 Å². The van der Waals surface area contributed by atoms with Crippen LogP contribution in [0.5, 0.6) is 5.75 Å². The molecule has 0 aromatic heterocycles. The van der Waals surface area contributed by atoms with Gasteiger partial charge in [0, 0.05) is 31.1 Å². The van der Waals surface area contributed by atoms with Crippen LogP contribution >= 0.6 is 11.8 Å². The van der Waals surface area contributed by atoms with Crippen molar-refractivity contribution in [3.05, 3.63) is 78.6 Å². The minimum absolute atomic E-state index is 0.0401. The van der Waals surface area contributed by atoms with Gasteiger partial charge in [-0.25, -0.2) is 12.8 Å². The minimum Gasteiger partial charge on any atom is -0.495 e. The quantitative estimate of drug-likeness (QED) is 0.410. The Morgan fingerprint density at radius 3 is 2.33 bits per heavy atom. The summed E-state index contributed by atoms with van der Waals surface area (Å²) in [5.41, 5.74) is 1.05. The van der Waals surface area contributed by atoms with Gasteiger partial charge in [-0.3, -0.25) is 9.10 Å². The molecule has 0 aliphatic carbocycles. The van der Waals surface area contributed by atoms with Crippen molar-refractivity contribution >= 4 is 39.1 Å². The molecule has 0 atom stereocenters. The summed E-state index contributed by atoms with van der Waals surface area (Å²) in [6.07, 6.45) is 1.90. The smallest absolute Gasteiger partial charge is 0.264 e. The molecule has 36 heavy (non-hydrogen) atoms. The number of halogens is 1. The first-order valence-corrected chi connectivity index (χ1v) is 14.1. The lowest BCUT2D eigenvalue weighted by Gasteiger charge is -2.37. The van der Waals surface area contributed by atoms with Crippen molar-refractivity contribution in [3.8, 4) is 5.75 Å². The Bertz CT molecular complexity index is 1310. The van der Waals surface area contributed by atoms with Gasteiger partial charge < -0.3 is 14.5 Å². The summed E-state index contributed by atoms with van der Waals surface area (Å²) in [4.78, 5) is 18.0. The summed E-state index contributed by atoms with van der Waals surface area (Å²) in [5.74, 6) is -0.167. The Hall–Kier alpha value is -3.24. The van der Waals surface area contributed by atoms with Crippen LogP contribution in [0.15, 0.2) is 82.6 Å². The van der Waals surface area contributed by atoms with Gasteiger partial charge in [-0.1, -0.05) is 18.2 Å². The molecular formula is C26H28FN3O4S2. The zero-order valence-electron chi connectivity index (χ0n) is 20.1. The molecule has 0 radical (unpaired) electrons. The predicted molar refractivity (Wildman–Crippen MR) is 141 cm³/mol. The summed E-state index contributed by atoms with van der Waals surface area (Å²) in [7, 11) is -2.49. The molecule has 1 fully saturated rings. The number of carbonyl (C=O) groups excluding carboxylic acids is 1. The first-order valence-electron chi connectivity index (χ1n) is 11.4. The van der Waals surface area contributed by atoms with Gasteiger partial charge in [0.1, 0.15) is 18.1 Å². The Labute approximate surface area is 215 Å². The summed E-state index contributed by atoms with van der Waals surface area (Å²) in [6, 6.07) is 19.4. The van der Waals surface area contributed by atoms with Gasteiger partial charge in [0.2, 0.25) is 5.91 Å². The van der Waals surface area contributed by atoms with E-state index in [9.17, 15) is 17.6 Å². The molecule has 4 rings (SSSR count). The van der Waals surface area contributed by atoms with Crippen LogP contribution in [0.1, 0.15) is 0 Å². The van der Waals surface area contributed by atoms with Crippen LogP contribution in [0.2, 0.25) is 0 Å². The minimum atomic E-state index is -4.11. The number of para-hydroxylation sites is 2. The molecule has 3 aromatic rings. The lowest BCUT2D eigenvalue weighted by atomic mass is 10.2. The fraction of sp³-hybridized carbons (Fsp3) is 0.269. The van der Waals surface area contributed by atoms with E-state index in [2.05, 4.69) is 4.90 Å². The maximum absolute atomic E-state index is 14.0. The van der Waals surface area contributed by atoms with Crippen molar-refractivity contribution in [2.75, 3.05) is 55.3 Å². The van der Waals surface area contributed by atoms with Crippen molar-refractivity contribution in [1.29, 1.82) is 0 Å². The van der Waals surface area contributed by atoms with Gasteiger partial charge in [0.05, 0.1) is 23.4 Å². The predicted octanol–water partition coefficient (Wildman–Crippen LogP) is 4.10. The molecular weight excluding hydrogens is 501 g/mol. The topological polar surface area (TPSA) is 70.2 Å². The van der Waals surface area contributed by atoms with E-state index in [0.29, 0.717) is 26.2 Å². The first kappa shape index (κ1) is 25.8. The van der Waals surface area contributed by atoms with E-state index in [1.54, 1.807) is 24.1 Å². The molecule has 1 aliphatic heterocycles. The number of anilines is 2. The summed E-state index contributed by atoms with van der Waals surface area (Å²) >= 11 is 1.49. The maximum atomic E-state index is 14.0. The third kappa shape index (κ3) is 5.60. The molecule has 0 bridgehead atoms. The van der Waals surface area contributed by atoms with Gasteiger partial charge in [-0.05, 0) is 60.9 Å². The Morgan fingerprint density at radius 2 is 1.69 bits per heavy atom. The zero-order chi connectivity index (χ0) is 25.7. The molecule has 3 aromatic carbocycles. The highest BCUT2D eigenvalue weighted by molar-refractivity contribution is 7.98. The Morgan fingerprint density at radius 1 is 1.00 bits per heavy atom. The number of nitrogens with zero attached hydrogens (tertiary/aromatic N) is 3. The third-order valence-electron chi connectivity index (χ3n) is 6.08. The standard InChI is InChI=1S/C26H28FN3O4S2/c1-34-25-9-4-3-8-24(25)28-14-16-29(17-15-28)26(31)19-30(21-7-5-6-20(27)18-21)36(32,33)23-12-10-22(35-2)11-13-23/h3-13,18H,14-17,19H2,1-2H3. The van der Waals surface area contributed by atoms with E-state index >= 15 is 0 Å². The highest BCUT2D eigenvalue weighted by Crippen LogP contribution is 2.29. The van der Waals surface area contributed by atoms with Crippen molar-refractivity contribution < 1.29 is 22.3 Å². The van der Waals surface area contributed by atoms with E-state index in [1.807, 2.05) is 30.5 Å². The normalized spacial score (nSPS) is 14.0. The lowest BCUT2D eigenvalue weighted by molar-refractivity contribution is -0.129. The molecule has 0 saturated carbocycles.